The third kappa shape index (κ3) is 3.38. The standard InChI is InChI=1S/C24H25N5O/c1-16-3-5-19(6-4-16)24(30)29-15-18(11-17(29)2)14-28-10-9-22-23(28)8-7-21(27-22)20-12-25-26-13-20/h3-10,12-13,17-18H,11,14-15H2,1-2H3,(H,25,26)/t17-,18+/m0/s1. The van der Waals surface area contributed by atoms with Crippen molar-refractivity contribution in [3.05, 3.63) is 72.2 Å². The van der Waals surface area contributed by atoms with Crippen LogP contribution in [0.5, 0.6) is 0 Å². The average Bonchev–Trinajstić information content (AvgIpc) is 3.49. The molecule has 2 atom stereocenters. The summed E-state index contributed by atoms with van der Waals surface area (Å²) in [4.78, 5) is 19.8. The van der Waals surface area contributed by atoms with Crippen LogP contribution in [0.2, 0.25) is 0 Å². The summed E-state index contributed by atoms with van der Waals surface area (Å²) in [5.74, 6) is 0.562. The third-order valence-corrected chi connectivity index (χ3v) is 6.09. The predicted molar refractivity (Wildman–Crippen MR) is 117 cm³/mol. The van der Waals surface area contributed by atoms with Crippen LogP contribution >= 0.6 is 0 Å². The van der Waals surface area contributed by atoms with Crippen LogP contribution in [0.15, 0.2) is 61.1 Å². The molecule has 1 N–H and O–H groups in total. The van der Waals surface area contributed by atoms with E-state index in [9.17, 15) is 4.79 Å². The number of pyridine rings is 1. The number of hydrogen-bond donors (Lipinski definition) is 1. The van der Waals surface area contributed by atoms with Crippen molar-refractivity contribution in [2.75, 3.05) is 6.54 Å². The van der Waals surface area contributed by atoms with E-state index in [0.717, 1.165) is 47.4 Å². The van der Waals surface area contributed by atoms with Crippen LogP contribution in [0.4, 0.5) is 0 Å². The van der Waals surface area contributed by atoms with Gasteiger partial charge in [0.15, 0.2) is 0 Å². The second-order valence-electron chi connectivity index (χ2n) is 8.33. The Labute approximate surface area is 175 Å². The number of hydrogen-bond acceptors (Lipinski definition) is 3. The van der Waals surface area contributed by atoms with E-state index >= 15 is 0 Å². The lowest BCUT2D eigenvalue weighted by molar-refractivity contribution is 0.0742. The van der Waals surface area contributed by atoms with Crippen LogP contribution in [0.1, 0.15) is 29.3 Å². The molecule has 4 aromatic rings. The molecule has 1 saturated heterocycles. The van der Waals surface area contributed by atoms with Gasteiger partial charge in [-0.15, -0.1) is 0 Å². The first-order valence-corrected chi connectivity index (χ1v) is 10.4. The van der Waals surface area contributed by atoms with Gasteiger partial charge in [0.05, 0.1) is 22.9 Å². The number of likely N-dealkylation sites (tertiary alicyclic amines) is 1. The molecule has 1 aromatic carbocycles. The molecule has 30 heavy (non-hydrogen) atoms. The summed E-state index contributed by atoms with van der Waals surface area (Å²) in [5, 5.41) is 6.84. The smallest absolute Gasteiger partial charge is 0.254 e. The van der Waals surface area contributed by atoms with Gasteiger partial charge in [-0.2, -0.15) is 5.10 Å². The van der Waals surface area contributed by atoms with E-state index in [1.165, 1.54) is 5.56 Å². The van der Waals surface area contributed by atoms with Crippen molar-refractivity contribution in [1.29, 1.82) is 0 Å². The summed E-state index contributed by atoms with van der Waals surface area (Å²) >= 11 is 0. The van der Waals surface area contributed by atoms with Crippen LogP contribution < -0.4 is 0 Å². The number of nitrogens with zero attached hydrogens (tertiary/aromatic N) is 4. The number of fused-ring (bicyclic) bond motifs is 1. The van der Waals surface area contributed by atoms with Gasteiger partial charge >= 0.3 is 0 Å². The van der Waals surface area contributed by atoms with Gasteiger partial charge in [-0.05, 0) is 56.5 Å². The maximum Gasteiger partial charge on any atom is 0.254 e. The quantitative estimate of drug-likeness (QED) is 0.557. The fraction of sp³-hybridized carbons (Fsp3) is 0.292. The van der Waals surface area contributed by atoms with Crippen molar-refractivity contribution in [3.8, 4) is 11.3 Å². The van der Waals surface area contributed by atoms with Gasteiger partial charge in [-0.1, -0.05) is 17.7 Å². The van der Waals surface area contributed by atoms with E-state index < -0.39 is 0 Å². The fourth-order valence-corrected chi connectivity index (χ4v) is 4.48. The molecule has 0 unspecified atom stereocenters. The molecular weight excluding hydrogens is 374 g/mol. The molecule has 0 saturated carbocycles. The SMILES string of the molecule is Cc1ccc(C(=O)N2C[C@@H](Cn3ccc4nc(-c5cn[nH]c5)ccc43)C[C@@H]2C)cc1. The zero-order chi connectivity index (χ0) is 20.7. The number of rotatable bonds is 4. The molecule has 6 nitrogen and oxygen atoms in total. The molecule has 0 aliphatic carbocycles. The average molecular weight is 399 g/mol. The number of carbonyl (C=O) groups excluding carboxylic acids is 1. The summed E-state index contributed by atoms with van der Waals surface area (Å²) in [5.41, 5.74) is 5.95. The van der Waals surface area contributed by atoms with Crippen molar-refractivity contribution in [3.63, 3.8) is 0 Å². The predicted octanol–water partition coefficient (Wildman–Crippen LogP) is 4.29. The molecule has 152 valence electrons. The Kier molecular flexibility index (Phi) is 4.62. The lowest BCUT2D eigenvalue weighted by Gasteiger charge is -2.21. The first-order chi connectivity index (χ1) is 14.6. The highest BCUT2D eigenvalue weighted by atomic mass is 16.2. The van der Waals surface area contributed by atoms with Crippen molar-refractivity contribution >= 4 is 16.9 Å². The zero-order valence-corrected chi connectivity index (χ0v) is 17.2. The van der Waals surface area contributed by atoms with E-state index in [4.69, 9.17) is 4.98 Å². The van der Waals surface area contributed by atoms with E-state index in [-0.39, 0.29) is 11.9 Å². The number of aryl methyl sites for hydroxylation is 1. The van der Waals surface area contributed by atoms with E-state index in [0.29, 0.717) is 5.92 Å². The summed E-state index contributed by atoms with van der Waals surface area (Å²) < 4.78 is 2.26. The Balaban J connectivity index is 1.32. The molecule has 0 spiro atoms. The highest BCUT2D eigenvalue weighted by Gasteiger charge is 2.33. The lowest BCUT2D eigenvalue weighted by Crippen LogP contribution is -2.34. The molecule has 1 aliphatic rings. The minimum atomic E-state index is 0.133. The van der Waals surface area contributed by atoms with E-state index in [2.05, 4.69) is 40.0 Å². The number of benzene rings is 1. The number of nitrogens with one attached hydrogen (secondary N) is 1. The van der Waals surface area contributed by atoms with Crippen LogP contribution in [0.3, 0.4) is 0 Å². The number of aromatic nitrogens is 4. The van der Waals surface area contributed by atoms with Crippen molar-refractivity contribution in [1.82, 2.24) is 24.6 Å². The van der Waals surface area contributed by atoms with Crippen LogP contribution in [-0.4, -0.2) is 43.1 Å². The van der Waals surface area contributed by atoms with E-state index in [1.54, 1.807) is 6.20 Å². The second kappa shape index (κ2) is 7.44. The molecule has 1 aliphatic heterocycles. The molecule has 6 heteroatoms. The number of carbonyl (C=O) groups is 1. The van der Waals surface area contributed by atoms with Gasteiger partial charge in [-0.3, -0.25) is 9.89 Å². The Morgan fingerprint density at radius 3 is 2.77 bits per heavy atom. The summed E-state index contributed by atoms with van der Waals surface area (Å²) in [6.45, 7) is 5.86. The van der Waals surface area contributed by atoms with Crippen molar-refractivity contribution in [2.45, 2.75) is 32.9 Å². The Morgan fingerprint density at radius 2 is 2.00 bits per heavy atom. The Hall–Kier alpha value is -3.41. The van der Waals surface area contributed by atoms with Gasteiger partial charge in [-0.25, -0.2) is 4.98 Å². The second-order valence-corrected chi connectivity index (χ2v) is 8.33. The van der Waals surface area contributed by atoms with Crippen LogP contribution in [0, 0.1) is 12.8 Å². The summed E-state index contributed by atoms with van der Waals surface area (Å²) in [7, 11) is 0. The molecule has 1 amide bonds. The van der Waals surface area contributed by atoms with Crippen molar-refractivity contribution < 1.29 is 4.79 Å². The monoisotopic (exact) mass is 399 g/mol. The molecule has 1 fully saturated rings. The number of H-pyrrole nitrogens is 1. The largest absolute Gasteiger partial charge is 0.346 e. The Morgan fingerprint density at radius 1 is 1.17 bits per heavy atom. The topological polar surface area (TPSA) is 66.8 Å². The number of aromatic amines is 1. The van der Waals surface area contributed by atoms with Crippen LogP contribution in [-0.2, 0) is 6.54 Å². The highest BCUT2D eigenvalue weighted by molar-refractivity contribution is 5.94. The Bertz CT molecular complexity index is 1180. The first-order valence-electron chi connectivity index (χ1n) is 10.4. The molecule has 0 radical (unpaired) electrons. The lowest BCUT2D eigenvalue weighted by atomic mass is 10.1. The van der Waals surface area contributed by atoms with Gasteiger partial charge in [0.2, 0.25) is 0 Å². The third-order valence-electron chi connectivity index (χ3n) is 6.09. The van der Waals surface area contributed by atoms with Gasteiger partial charge in [0.25, 0.3) is 5.91 Å². The fourth-order valence-electron chi connectivity index (χ4n) is 4.48. The highest BCUT2D eigenvalue weighted by Crippen LogP contribution is 2.28. The minimum absolute atomic E-state index is 0.133. The normalized spacial score (nSPS) is 18.9. The summed E-state index contributed by atoms with van der Waals surface area (Å²) in [6, 6.07) is 14.3. The van der Waals surface area contributed by atoms with E-state index in [1.807, 2.05) is 48.4 Å². The summed E-state index contributed by atoms with van der Waals surface area (Å²) in [6.07, 6.45) is 6.75. The van der Waals surface area contributed by atoms with Gasteiger partial charge < -0.3 is 9.47 Å². The molecule has 3 aromatic heterocycles. The molecular formula is C24H25N5O. The van der Waals surface area contributed by atoms with Crippen molar-refractivity contribution in [2.24, 2.45) is 5.92 Å². The molecule has 0 bridgehead atoms. The van der Waals surface area contributed by atoms with Gasteiger partial charge in [0, 0.05) is 42.7 Å². The van der Waals surface area contributed by atoms with Gasteiger partial charge in [0.1, 0.15) is 0 Å². The molecule has 4 heterocycles. The maximum absolute atomic E-state index is 13.0. The van der Waals surface area contributed by atoms with Crippen LogP contribution in [0.25, 0.3) is 22.3 Å². The number of amides is 1. The minimum Gasteiger partial charge on any atom is -0.346 e. The zero-order valence-electron chi connectivity index (χ0n) is 17.2. The first kappa shape index (κ1) is 18.6. The maximum atomic E-state index is 13.0. The molecule has 5 rings (SSSR count).